The zero-order valence-electron chi connectivity index (χ0n) is 11.3. The molecule has 2 rings (SSSR count). The van der Waals surface area contributed by atoms with Crippen LogP contribution in [0.1, 0.15) is 17.5 Å². The predicted molar refractivity (Wildman–Crippen MR) is 82.9 cm³/mol. The molecule has 0 fully saturated rings. The van der Waals surface area contributed by atoms with Crippen molar-refractivity contribution in [2.45, 2.75) is 19.3 Å². The number of aryl methyl sites for hydroxylation is 1. The van der Waals surface area contributed by atoms with Gasteiger partial charge in [-0.25, -0.2) is 0 Å². The molecule has 1 N–H and O–H groups in total. The predicted octanol–water partition coefficient (Wildman–Crippen LogP) is 3.63. The van der Waals surface area contributed by atoms with Crippen molar-refractivity contribution in [2.75, 3.05) is 6.54 Å². The summed E-state index contributed by atoms with van der Waals surface area (Å²) >= 11 is 5.91. The van der Waals surface area contributed by atoms with E-state index in [-0.39, 0.29) is 5.91 Å². The van der Waals surface area contributed by atoms with E-state index in [2.05, 4.69) is 17.4 Å². The van der Waals surface area contributed by atoms with E-state index in [9.17, 15) is 4.79 Å². The Labute approximate surface area is 124 Å². The van der Waals surface area contributed by atoms with Crippen molar-refractivity contribution in [3.63, 3.8) is 0 Å². The van der Waals surface area contributed by atoms with E-state index in [1.165, 1.54) is 5.56 Å². The van der Waals surface area contributed by atoms with E-state index < -0.39 is 0 Å². The fraction of sp³-hybridized carbons (Fsp3) is 0.235. The van der Waals surface area contributed by atoms with Crippen LogP contribution in [0, 0.1) is 0 Å². The lowest BCUT2D eigenvalue weighted by Crippen LogP contribution is -2.25. The molecule has 3 heteroatoms. The molecule has 1 amide bonds. The highest BCUT2D eigenvalue weighted by molar-refractivity contribution is 6.30. The summed E-state index contributed by atoms with van der Waals surface area (Å²) < 4.78 is 0. The Balaban J connectivity index is 1.68. The second-order valence-electron chi connectivity index (χ2n) is 4.72. The van der Waals surface area contributed by atoms with Crippen LogP contribution in [-0.4, -0.2) is 12.5 Å². The Bertz CT molecular complexity index is 554. The van der Waals surface area contributed by atoms with Gasteiger partial charge in [0.25, 0.3) is 0 Å². The first-order valence-electron chi connectivity index (χ1n) is 6.79. The van der Waals surface area contributed by atoms with Crippen molar-refractivity contribution in [1.29, 1.82) is 0 Å². The van der Waals surface area contributed by atoms with Crippen molar-refractivity contribution >= 4 is 17.5 Å². The highest BCUT2D eigenvalue weighted by Gasteiger charge is 2.02. The maximum absolute atomic E-state index is 11.7. The lowest BCUT2D eigenvalue weighted by molar-refractivity contribution is -0.121. The van der Waals surface area contributed by atoms with Crippen LogP contribution in [0.3, 0.4) is 0 Å². The van der Waals surface area contributed by atoms with Crippen molar-refractivity contribution in [3.05, 3.63) is 70.7 Å². The van der Waals surface area contributed by atoms with E-state index in [0.29, 0.717) is 18.0 Å². The van der Waals surface area contributed by atoms with E-state index in [4.69, 9.17) is 11.6 Å². The van der Waals surface area contributed by atoms with Gasteiger partial charge in [0.2, 0.25) is 5.91 Å². The van der Waals surface area contributed by atoms with Crippen molar-refractivity contribution in [1.82, 2.24) is 5.32 Å². The van der Waals surface area contributed by atoms with Crippen molar-refractivity contribution in [2.24, 2.45) is 0 Å². The fourth-order valence-electron chi connectivity index (χ4n) is 2.03. The first-order chi connectivity index (χ1) is 9.74. The molecule has 0 saturated heterocycles. The van der Waals surface area contributed by atoms with Crippen LogP contribution in [0.15, 0.2) is 54.6 Å². The SMILES string of the molecule is O=C(CCc1cccc(Cl)c1)NCCc1ccccc1. The molecular formula is C17H18ClNO. The molecule has 0 heterocycles. The third-order valence-corrected chi connectivity index (χ3v) is 3.34. The van der Waals surface area contributed by atoms with Crippen LogP contribution in [0.4, 0.5) is 0 Å². The second kappa shape index (κ2) is 7.71. The van der Waals surface area contributed by atoms with Crippen LogP contribution < -0.4 is 5.32 Å². The van der Waals surface area contributed by atoms with Crippen LogP contribution in [-0.2, 0) is 17.6 Å². The van der Waals surface area contributed by atoms with Crippen LogP contribution >= 0.6 is 11.6 Å². The van der Waals surface area contributed by atoms with Gasteiger partial charge < -0.3 is 5.32 Å². The number of amides is 1. The summed E-state index contributed by atoms with van der Waals surface area (Å²) in [4.78, 5) is 11.7. The topological polar surface area (TPSA) is 29.1 Å². The number of halogens is 1. The molecule has 2 aromatic carbocycles. The number of rotatable bonds is 6. The maximum atomic E-state index is 11.7. The third kappa shape index (κ3) is 5.06. The molecule has 0 aliphatic rings. The van der Waals surface area contributed by atoms with Crippen LogP contribution in [0.2, 0.25) is 5.02 Å². The molecule has 0 spiro atoms. The van der Waals surface area contributed by atoms with Gasteiger partial charge in [-0.05, 0) is 36.1 Å². The Hall–Kier alpha value is -1.80. The third-order valence-electron chi connectivity index (χ3n) is 3.11. The summed E-state index contributed by atoms with van der Waals surface area (Å²) in [5.74, 6) is 0.0842. The molecule has 20 heavy (non-hydrogen) atoms. The van der Waals surface area contributed by atoms with Gasteiger partial charge in [-0.15, -0.1) is 0 Å². The lowest BCUT2D eigenvalue weighted by Gasteiger charge is -2.06. The molecule has 0 bridgehead atoms. The first kappa shape index (κ1) is 14.6. The number of nitrogens with one attached hydrogen (secondary N) is 1. The summed E-state index contributed by atoms with van der Waals surface area (Å²) in [6.07, 6.45) is 2.08. The first-order valence-corrected chi connectivity index (χ1v) is 7.17. The average Bonchev–Trinajstić information content (AvgIpc) is 2.46. The molecule has 0 radical (unpaired) electrons. The summed E-state index contributed by atoms with van der Waals surface area (Å²) in [6.45, 7) is 0.679. The summed E-state index contributed by atoms with van der Waals surface area (Å²) in [5, 5.41) is 3.66. The number of carbonyl (C=O) groups is 1. The van der Waals surface area contributed by atoms with Crippen LogP contribution in [0.25, 0.3) is 0 Å². The Morgan fingerprint density at radius 3 is 2.45 bits per heavy atom. The lowest BCUT2D eigenvalue weighted by atomic mass is 10.1. The molecule has 0 aliphatic carbocycles. The minimum Gasteiger partial charge on any atom is -0.356 e. The minimum atomic E-state index is 0.0842. The quantitative estimate of drug-likeness (QED) is 0.864. The molecule has 2 aromatic rings. The standard InChI is InChI=1S/C17H18ClNO/c18-16-8-4-7-15(13-16)9-10-17(20)19-12-11-14-5-2-1-3-6-14/h1-8,13H,9-12H2,(H,19,20). The van der Waals surface area contributed by atoms with Gasteiger partial charge >= 0.3 is 0 Å². The molecule has 0 saturated carbocycles. The van der Waals surface area contributed by atoms with E-state index in [1.54, 1.807) is 0 Å². The van der Waals surface area contributed by atoms with E-state index in [0.717, 1.165) is 18.4 Å². The number of hydrogen-bond donors (Lipinski definition) is 1. The van der Waals surface area contributed by atoms with Gasteiger partial charge in [0.1, 0.15) is 0 Å². The Kier molecular flexibility index (Phi) is 5.63. The van der Waals surface area contributed by atoms with E-state index in [1.807, 2.05) is 42.5 Å². The number of benzene rings is 2. The van der Waals surface area contributed by atoms with E-state index >= 15 is 0 Å². The zero-order chi connectivity index (χ0) is 14.2. The molecule has 0 aliphatic heterocycles. The Morgan fingerprint density at radius 2 is 1.70 bits per heavy atom. The van der Waals surface area contributed by atoms with Gasteiger partial charge in [0.15, 0.2) is 0 Å². The fourth-order valence-corrected chi connectivity index (χ4v) is 2.24. The van der Waals surface area contributed by atoms with Crippen molar-refractivity contribution in [3.8, 4) is 0 Å². The molecule has 0 aromatic heterocycles. The van der Waals surface area contributed by atoms with Crippen molar-refractivity contribution < 1.29 is 4.79 Å². The van der Waals surface area contributed by atoms with Crippen LogP contribution in [0.5, 0.6) is 0 Å². The molecular weight excluding hydrogens is 270 g/mol. The van der Waals surface area contributed by atoms with Gasteiger partial charge in [-0.2, -0.15) is 0 Å². The summed E-state index contributed by atoms with van der Waals surface area (Å²) in [5.41, 5.74) is 2.33. The molecule has 2 nitrogen and oxygen atoms in total. The monoisotopic (exact) mass is 287 g/mol. The second-order valence-corrected chi connectivity index (χ2v) is 5.15. The number of hydrogen-bond acceptors (Lipinski definition) is 1. The minimum absolute atomic E-state index is 0.0842. The summed E-state index contributed by atoms with van der Waals surface area (Å²) in [6, 6.07) is 17.8. The normalized spacial score (nSPS) is 10.2. The zero-order valence-corrected chi connectivity index (χ0v) is 12.1. The maximum Gasteiger partial charge on any atom is 0.220 e. The average molecular weight is 288 g/mol. The Morgan fingerprint density at radius 1 is 0.950 bits per heavy atom. The highest BCUT2D eigenvalue weighted by atomic mass is 35.5. The molecule has 104 valence electrons. The van der Waals surface area contributed by atoms with Gasteiger partial charge in [0.05, 0.1) is 0 Å². The highest BCUT2D eigenvalue weighted by Crippen LogP contribution is 2.12. The number of carbonyl (C=O) groups excluding carboxylic acids is 1. The summed E-state index contributed by atoms with van der Waals surface area (Å²) in [7, 11) is 0. The molecule has 0 unspecified atom stereocenters. The van der Waals surface area contributed by atoms with Gasteiger partial charge in [-0.1, -0.05) is 54.1 Å². The largest absolute Gasteiger partial charge is 0.356 e. The van der Waals surface area contributed by atoms with Gasteiger partial charge in [-0.3, -0.25) is 4.79 Å². The molecule has 0 atom stereocenters. The smallest absolute Gasteiger partial charge is 0.220 e. The van der Waals surface area contributed by atoms with Gasteiger partial charge in [0, 0.05) is 18.0 Å².